The average molecular weight is 252 g/mol. The Morgan fingerprint density at radius 2 is 1.94 bits per heavy atom. The molecule has 1 aromatic heterocycles. The molecule has 0 radical (unpaired) electrons. The van der Waals surface area contributed by atoms with E-state index in [2.05, 4.69) is 5.32 Å². The minimum Gasteiger partial charge on any atom is -0.480 e. The zero-order chi connectivity index (χ0) is 13.9. The topological polar surface area (TPSA) is 88.4 Å². The second kappa shape index (κ2) is 5.48. The monoisotopic (exact) mass is 252 g/mol. The summed E-state index contributed by atoms with van der Waals surface area (Å²) < 4.78 is 1.26. The van der Waals surface area contributed by atoms with Gasteiger partial charge >= 0.3 is 5.97 Å². The van der Waals surface area contributed by atoms with Crippen LogP contribution in [0, 0.1) is 5.92 Å². The van der Waals surface area contributed by atoms with Crippen molar-refractivity contribution in [3.05, 3.63) is 34.2 Å². The Morgan fingerprint density at radius 3 is 2.39 bits per heavy atom. The highest BCUT2D eigenvalue weighted by molar-refractivity contribution is 5.96. The Labute approximate surface area is 104 Å². The molecule has 1 rings (SSSR count). The van der Waals surface area contributed by atoms with E-state index >= 15 is 0 Å². The van der Waals surface area contributed by atoms with Crippen LogP contribution in [0.2, 0.25) is 0 Å². The Hall–Kier alpha value is -2.11. The molecule has 0 aromatic carbocycles. The number of nitrogens with one attached hydrogen (secondary N) is 1. The van der Waals surface area contributed by atoms with Crippen LogP contribution in [0.15, 0.2) is 23.1 Å². The zero-order valence-electron chi connectivity index (χ0n) is 10.5. The number of aryl methyl sites for hydroxylation is 1. The molecule has 1 amide bonds. The third kappa shape index (κ3) is 3.19. The van der Waals surface area contributed by atoms with Gasteiger partial charge in [0.2, 0.25) is 5.56 Å². The van der Waals surface area contributed by atoms with E-state index in [1.54, 1.807) is 13.8 Å². The van der Waals surface area contributed by atoms with Crippen LogP contribution >= 0.6 is 0 Å². The largest absolute Gasteiger partial charge is 0.480 e. The number of carbonyl (C=O) groups is 2. The van der Waals surface area contributed by atoms with Crippen LogP contribution in [0.4, 0.5) is 0 Å². The van der Waals surface area contributed by atoms with Crippen molar-refractivity contribution in [3.63, 3.8) is 0 Å². The van der Waals surface area contributed by atoms with Crippen molar-refractivity contribution in [1.82, 2.24) is 9.88 Å². The molecule has 1 heterocycles. The maximum absolute atomic E-state index is 11.8. The summed E-state index contributed by atoms with van der Waals surface area (Å²) in [5, 5.41) is 11.4. The molecule has 2 N–H and O–H groups in total. The predicted octanol–water partition coefficient (Wildman–Crippen LogP) is 0.224. The number of nitrogens with zero attached hydrogens (tertiary/aromatic N) is 1. The van der Waals surface area contributed by atoms with Crippen molar-refractivity contribution in [2.24, 2.45) is 13.0 Å². The molecule has 0 bridgehead atoms. The summed E-state index contributed by atoms with van der Waals surface area (Å²) in [5.41, 5.74) is 0.0224. The number of rotatable bonds is 4. The lowest BCUT2D eigenvalue weighted by Gasteiger charge is -2.17. The molecule has 0 aliphatic rings. The number of carboxylic acid groups (broad SMARTS) is 1. The number of hydrogen-bond acceptors (Lipinski definition) is 3. The molecule has 1 aromatic rings. The lowest BCUT2D eigenvalue weighted by molar-refractivity contribution is -0.140. The van der Waals surface area contributed by atoms with Gasteiger partial charge in [-0.25, -0.2) is 4.79 Å². The lowest BCUT2D eigenvalue weighted by Crippen LogP contribution is -2.44. The lowest BCUT2D eigenvalue weighted by atomic mass is 10.0. The van der Waals surface area contributed by atoms with Gasteiger partial charge in [0.25, 0.3) is 5.91 Å². The van der Waals surface area contributed by atoms with Gasteiger partial charge in [0.05, 0.1) is 5.56 Å². The number of aliphatic carboxylic acids is 1. The third-order valence-electron chi connectivity index (χ3n) is 2.57. The van der Waals surface area contributed by atoms with Gasteiger partial charge in [-0.2, -0.15) is 0 Å². The molecule has 1 atom stereocenters. The number of amides is 1. The van der Waals surface area contributed by atoms with Crippen LogP contribution in [-0.4, -0.2) is 27.6 Å². The normalized spacial score (nSPS) is 12.2. The first-order valence-electron chi connectivity index (χ1n) is 5.53. The summed E-state index contributed by atoms with van der Waals surface area (Å²) in [4.78, 5) is 34.0. The van der Waals surface area contributed by atoms with E-state index in [0.29, 0.717) is 0 Å². The zero-order valence-corrected chi connectivity index (χ0v) is 10.5. The van der Waals surface area contributed by atoms with Crippen LogP contribution in [-0.2, 0) is 11.8 Å². The predicted molar refractivity (Wildman–Crippen MR) is 65.4 cm³/mol. The Balaban J connectivity index is 2.90. The van der Waals surface area contributed by atoms with Crippen molar-refractivity contribution in [1.29, 1.82) is 0 Å². The Bertz CT molecular complexity index is 519. The molecule has 6 nitrogen and oxygen atoms in total. The maximum Gasteiger partial charge on any atom is 0.326 e. The smallest absolute Gasteiger partial charge is 0.326 e. The van der Waals surface area contributed by atoms with Gasteiger partial charge < -0.3 is 15.0 Å². The standard InChI is InChI=1S/C12H16N2O4/c1-7(2)10(12(17)18)13-11(16)8-4-5-9(15)14(3)6-8/h4-7,10H,1-3H3,(H,13,16)(H,17,18)/t10-/m0/s1. The number of pyridine rings is 1. The minimum absolute atomic E-state index is 0.223. The Kier molecular flexibility index (Phi) is 4.25. The molecule has 0 aliphatic heterocycles. The summed E-state index contributed by atoms with van der Waals surface area (Å²) >= 11 is 0. The molecule has 18 heavy (non-hydrogen) atoms. The van der Waals surface area contributed by atoms with E-state index < -0.39 is 17.9 Å². The molecule has 98 valence electrons. The van der Waals surface area contributed by atoms with Gasteiger partial charge in [-0.15, -0.1) is 0 Å². The Morgan fingerprint density at radius 1 is 1.33 bits per heavy atom. The van der Waals surface area contributed by atoms with Gasteiger partial charge in [-0.05, 0) is 12.0 Å². The molecule has 0 spiro atoms. The summed E-state index contributed by atoms with van der Waals surface area (Å²) in [6.45, 7) is 3.42. The number of carboxylic acids is 1. The molecule has 0 unspecified atom stereocenters. The summed E-state index contributed by atoms with van der Waals surface area (Å²) in [7, 11) is 1.52. The van der Waals surface area contributed by atoms with E-state index in [-0.39, 0.29) is 17.0 Å². The van der Waals surface area contributed by atoms with Crippen LogP contribution in [0.5, 0.6) is 0 Å². The fourth-order valence-corrected chi connectivity index (χ4v) is 1.47. The van der Waals surface area contributed by atoms with Gasteiger partial charge in [-0.3, -0.25) is 9.59 Å². The maximum atomic E-state index is 11.8. The fourth-order valence-electron chi connectivity index (χ4n) is 1.47. The summed E-state index contributed by atoms with van der Waals surface area (Å²) in [6.07, 6.45) is 1.37. The van der Waals surface area contributed by atoms with Crippen molar-refractivity contribution in [2.45, 2.75) is 19.9 Å². The first-order valence-corrected chi connectivity index (χ1v) is 5.53. The minimum atomic E-state index is -1.08. The summed E-state index contributed by atoms with van der Waals surface area (Å²) in [5.74, 6) is -1.81. The second-order valence-corrected chi connectivity index (χ2v) is 4.40. The van der Waals surface area contributed by atoms with E-state index in [0.717, 1.165) is 0 Å². The highest BCUT2D eigenvalue weighted by Crippen LogP contribution is 2.04. The number of hydrogen-bond donors (Lipinski definition) is 2. The molecular formula is C12H16N2O4. The van der Waals surface area contributed by atoms with Crippen molar-refractivity contribution < 1.29 is 14.7 Å². The molecule has 0 saturated heterocycles. The highest BCUT2D eigenvalue weighted by atomic mass is 16.4. The molecule has 0 saturated carbocycles. The van der Waals surface area contributed by atoms with Crippen LogP contribution in [0.25, 0.3) is 0 Å². The average Bonchev–Trinajstić information content (AvgIpc) is 2.28. The second-order valence-electron chi connectivity index (χ2n) is 4.40. The fraction of sp³-hybridized carbons (Fsp3) is 0.417. The molecule has 0 fully saturated rings. The van der Waals surface area contributed by atoms with Crippen LogP contribution in [0.3, 0.4) is 0 Å². The van der Waals surface area contributed by atoms with Gasteiger partial charge in [-0.1, -0.05) is 13.8 Å². The van der Waals surface area contributed by atoms with Crippen molar-refractivity contribution >= 4 is 11.9 Å². The van der Waals surface area contributed by atoms with Crippen LogP contribution in [0.1, 0.15) is 24.2 Å². The third-order valence-corrected chi connectivity index (χ3v) is 2.57. The van der Waals surface area contributed by atoms with Crippen molar-refractivity contribution in [3.8, 4) is 0 Å². The molecule has 0 aliphatic carbocycles. The van der Waals surface area contributed by atoms with Gasteiger partial charge in [0, 0.05) is 19.3 Å². The van der Waals surface area contributed by atoms with Crippen LogP contribution < -0.4 is 10.9 Å². The summed E-state index contributed by atoms with van der Waals surface area (Å²) in [6, 6.07) is 1.69. The SMILES string of the molecule is CC(C)[C@H](NC(=O)c1ccc(=O)n(C)c1)C(=O)O. The van der Waals surface area contributed by atoms with Gasteiger partial charge in [0.1, 0.15) is 6.04 Å². The van der Waals surface area contributed by atoms with Crippen molar-refractivity contribution in [2.75, 3.05) is 0 Å². The first-order chi connectivity index (χ1) is 8.32. The van der Waals surface area contributed by atoms with E-state index in [4.69, 9.17) is 5.11 Å². The quantitative estimate of drug-likeness (QED) is 0.802. The van der Waals surface area contributed by atoms with E-state index in [1.165, 1.54) is 29.9 Å². The number of aromatic nitrogens is 1. The highest BCUT2D eigenvalue weighted by Gasteiger charge is 2.23. The first kappa shape index (κ1) is 14.0. The molecular weight excluding hydrogens is 236 g/mol. The van der Waals surface area contributed by atoms with Gasteiger partial charge in [0.15, 0.2) is 0 Å². The van der Waals surface area contributed by atoms with E-state index in [1.807, 2.05) is 0 Å². The molecule has 6 heteroatoms. The van der Waals surface area contributed by atoms with E-state index in [9.17, 15) is 14.4 Å². The number of carbonyl (C=O) groups excluding carboxylic acids is 1.